The maximum absolute atomic E-state index is 13.1. The summed E-state index contributed by atoms with van der Waals surface area (Å²) in [5, 5.41) is 8.85. The van der Waals surface area contributed by atoms with E-state index in [0.717, 1.165) is 31.9 Å². The van der Waals surface area contributed by atoms with Crippen LogP contribution >= 0.6 is 23.2 Å². The Morgan fingerprint density at radius 3 is 2.50 bits per heavy atom. The van der Waals surface area contributed by atoms with Crippen LogP contribution in [0.25, 0.3) is 0 Å². The van der Waals surface area contributed by atoms with Crippen molar-refractivity contribution in [3.63, 3.8) is 0 Å². The molecule has 36 heavy (non-hydrogen) atoms. The highest BCUT2D eigenvalue weighted by molar-refractivity contribution is 7.89. The third-order valence-corrected chi connectivity index (χ3v) is 8.51. The summed E-state index contributed by atoms with van der Waals surface area (Å²) in [7, 11) is -1.83. The topological polar surface area (TPSA) is 92.6 Å². The molecule has 0 bridgehead atoms. The largest absolute Gasteiger partial charge is 0.424 e. The molecule has 3 aromatic rings. The summed E-state index contributed by atoms with van der Waals surface area (Å²) >= 11 is 12.2. The minimum atomic E-state index is -3.95. The average Bonchev–Trinajstić information content (AvgIpc) is 3.21. The zero-order valence-electron chi connectivity index (χ0n) is 20.7. The van der Waals surface area contributed by atoms with Gasteiger partial charge in [0.25, 0.3) is 0 Å². The lowest BCUT2D eigenvalue weighted by molar-refractivity contribution is 0.312. The van der Waals surface area contributed by atoms with Crippen LogP contribution in [0, 0.1) is 6.92 Å². The van der Waals surface area contributed by atoms with E-state index in [1.54, 1.807) is 24.5 Å². The number of aromatic nitrogens is 3. The van der Waals surface area contributed by atoms with Crippen LogP contribution in [0.15, 0.2) is 41.3 Å². The maximum atomic E-state index is 13.1. The first-order chi connectivity index (χ1) is 17.1. The summed E-state index contributed by atoms with van der Waals surface area (Å²) in [6.45, 7) is 9.66. The van der Waals surface area contributed by atoms with Gasteiger partial charge in [0.05, 0.1) is 11.1 Å². The second kappa shape index (κ2) is 10.9. The number of hydrogen-bond donors (Lipinski definition) is 1. The fourth-order valence-electron chi connectivity index (χ4n) is 4.28. The molecule has 9 nitrogen and oxygen atoms in total. The van der Waals surface area contributed by atoms with Crippen LogP contribution in [0.1, 0.15) is 31.3 Å². The van der Waals surface area contributed by atoms with E-state index < -0.39 is 16.1 Å². The third kappa shape index (κ3) is 5.78. The maximum Gasteiger partial charge on any atom is 0.322 e. The van der Waals surface area contributed by atoms with Gasteiger partial charge >= 0.3 is 6.01 Å². The van der Waals surface area contributed by atoms with Gasteiger partial charge in [-0.15, -0.1) is 5.10 Å². The van der Waals surface area contributed by atoms with Crippen LogP contribution in [-0.4, -0.2) is 61.3 Å². The summed E-state index contributed by atoms with van der Waals surface area (Å²) in [6.07, 6.45) is 0. The normalized spacial score (nSPS) is 15.8. The number of nitrogens with zero attached hydrogens (tertiary/aromatic N) is 5. The molecule has 12 heteroatoms. The molecule has 0 radical (unpaired) electrons. The monoisotopic (exact) mass is 552 g/mol. The van der Waals surface area contributed by atoms with E-state index in [-0.39, 0.29) is 15.9 Å². The number of benzene rings is 2. The lowest BCUT2D eigenvalue weighted by Gasteiger charge is -2.34. The predicted molar refractivity (Wildman–Crippen MR) is 142 cm³/mol. The van der Waals surface area contributed by atoms with Crippen molar-refractivity contribution < 1.29 is 13.2 Å². The highest BCUT2D eigenvalue weighted by Gasteiger charge is 2.27. The Bertz CT molecular complexity index is 1320. The number of aryl methyl sites for hydroxylation is 1. The number of rotatable bonds is 8. The minimum Gasteiger partial charge on any atom is -0.424 e. The average molecular weight is 554 g/mol. The molecule has 0 aliphatic carbocycles. The second-order valence-electron chi connectivity index (χ2n) is 8.85. The van der Waals surface area contributed by atoms with Crippen LogP contribution in [0.2, 0.25) is 10.0 Å². The van der Waals surface area contributed by atoms with Crippen LogP contribution in [0.4, 0.5) is 5.69 Å². The number of halogens is 2. The molecule has 194 valence electrons. The molecule has 2 heterocycles. The summed E-state index contributed by atoms with van der Waals surface area (Å²) in [4.78, 5) is 4.61. The number of hydrogen-bond acceptors (Lipinski definition) is 7. The van der Waals surface area contributed by atoms with Gasteiger partial charge in [0.2, 0.25) is 10.0 Å². The quantitative estimate of drug-likeness (QED) is 0.439. The van der Waals surface area contributed by atoms with Gasteiger partial charge in [-0.05, 0) is 57.6 Å². The molecular weight excluding hydrogens is 523 g/mol. The number of piperazine rings is 1. The van der Waals surface area contributed by atoms with Gasteiger partial charge in [-0.3, -0.25) is 4.57 Å². The van der Waals surface area contributed by atoms with Crippen molar-refractivity contribution in [1.29, 1.82) is 0 Å². The van der Waals surface area contributed by atoms with E-state index in [2.05, 4.69) is 37.8 Å². The van der Waals surface area contributed by atoms with E-state index in [1.165, 1.54) is 6.07 Å². The molecule has 1 aliphatic heterocycles. The standard InChI is InChI=1S/C24H30Cl2N6O3S/c1-5-32-23(17(3)29-36(33,34)22-16(2)13-18(25)14-21(22)26)27-28-24(32)35-20-8-6-7-19(15-20)31-11-9-30(4)10-12-31/h6-8,13-15,17,29H,5,9-12H2,1-4H3/t17-/m1/s1. The first-order valence-corrected chi connectivity index (χ1v) is 14.0. The van der Waals surface area contributed by atoms with Crippen LogP contribution in [0.3, 0.4) is 0 Å². The van der Waals surface area contributed by atoms with Crippen molar-refractivity contribution >= 4 is 38.9 Å². The van der Waals surface area contributed by atoms with E-state index in [0.29, 0.717) is 28.7 Å². The van der Waals surface area contributed by atoms with Crippen LogP contribution < -0.4 is 14.4 Å². The van der Waals surface area contributed by atoms with Gasteiger partial charge in [-0.25, -0.2) is 13.1 Å². The van der Waals surface area contributed by atoms with Crippen molar-refractivity contribution in [3.8, 4) is 11.8 Å². The van der Waals surface area contributed by atoms with E-state index in [1.807, 2.05) is 25.1 Å². The van der Waals surface area contributed by atoms with Crippen molar-refractivity contribution in [2.24, 2.45) is 0 Å². The number of nitrogens with one attached hydrogen (secondary N) is 1. The zero-order chi connectivity index (χ0) is 26.0. The second-order valence-corrected chi connectivity index (χ2v) is 11.3. The Balaban J connectivity index is 1.54. The molecule has 0 unspecified atom stereocenters. The molecule has 0 saturated carbocycles. The Labute approximate surface area is 222 Å². The number of sulfonamides is 1. The number of anilines is 1. The molecule has 1 aromatic heterocycles. The first kappa shape index (κ1) is 26.7. The highest BCUT2D eigenvalue weighted by Crippen LogP contribution is 2.31. The van der Waals surface area contributed by atoms with Gasteiger partial charge in [0, 0.05) is 49.5 Å². The predicted octanol–water partition coefficient (Wildman–Crippen LogP) is 4.50. The molecule has 1 N–H and O–H groups in total. The van der Waals surface area contributed by atoms with Gasteiger partial charge in [-0.1, -0.05) is 34.4 Å². The Kier molecular flexibility index (Phi) is 8.11. The molecule has 2 aromatic carbocycles. The van der Waals surface area contributed by atoms with Gasteiger partial charge in [0.1, 0.15) is 10.6 Å². The molecule has 1 saturated heterocycles. The fraction of sp³-hybridized carbons (Fsp3) is 0.417. The molecule has 1 aliphatic rings. The zero-order valence-corrected chi connectivity index (χ0v) is 23.0. The molecule has 1 fully saturated rings. The van der Waals surface area contributed by atoms with Crippen molar-refractivity contribution in [2.75, 3.05) is 38.1 Å². The molecule has 4 rings (SSSR count). The number of ether oxygens (including phenoxy) is 1. The lowest BCUT2D eigenvalue weighted by atomic mass is 10.2. The van der Waals surface area contributed by atoms with E-state index >= 15 is 0 Å². The summed E-state index contributed by atoms with van der Waals surface area (Å²) in [6, 6.07) is 10.4. The first-order valence-electron chi connectivity index (χ1n) is 11.7. The van der Waals surface area contributed by atoms with Gasteiger partial charge < -0.3 is 14.5 Å². The van der Waals surface area contributed by atoms with Crippen molar-refractivity contribution in [2.45, 2.75) is 38.3 Å². The molecule has 0 amide bonds. The summed E-state index contributed by atoms with van der Waals surface area (Å²) in [5.41, 5.74) is 1.54. The third-order valence-electron chi connectivity index (χ3n) is 6.14. The smallest absolute Gasteiger partial charge is 0.322 e. The summed E-state index contributed by atoms with van der Waals surface area (Å²) in [5.74, 6) is 1.06. The van der Waals surface area contributed by atoms with Crippen molar-refractivity contribution in [1.82, 2.24) is 24.4 Å². The lowest BCUT2D eigenvalue weighted by Crippen LogP contribution is -2.44. The van der Waals surface area contributed by atoms with Gasteiger partial charge in [-0.2, -0.15) is 0 Å². The fourth-order valence-corrected chi connectivity index (χ4v) is 6.67. The molecule has 1 atom stereocenters. The van der Waals surface area contributed by atoms with Crippen LogP contribution in [0.5, 0.6) is 11.8 Å². The minimum absolute atomic E-state index is 0.0137. The Hall–Kier alpha value is -2.37. The number of likely N-dealkylation sites (N-methyl/N-ethyl adjacent to an activating group) is 1. The van der Waals surface area contributed by atoms with Gasteiger partial charge in [0.15, 0.2) is 5.82 Å². The summed E-state index contributed by atoms with van der Waals surface area (Å²) < 4.78 is 36.8. The van der Waals surface area contributed by atoms with Crippen LogP contribution in [-0.2, 0) is 16.6 Å². The Morgan fingerprint density at radius 1 is 1.11 bits per heavy atom. The molecular formula is C24H30Cl2N6O3S. The van der Waals surface area contributed by atoms with E-state index in [9.17, 15) is 8.42 Å². The molecule has 0 spiro atoms. The highest BCUT2D eigenvalue weighted by atomic mass is 35.5. The van der Waals surface area contributed by atoms with Crippen molar-refractivity contribution in [3.05, 3.63) is 57.8 Å². The van der Waals surface area contributed by atoms with E-state index in [4.69, 9.17) is 27.9 Å². The SMILES string of the molecule is CCn1c(Oc2cccc(N3CCN(C)CC3)c2)nnc1[C@@H](C)NS(=O)(=O)c1c(C)cc(Cl)cc1Cl. The Morgan fingerprint density at radius 2 is 1.83 bits per heavy atom.